The van der Waals surface area contributed by atoms with Gasteiger partial charge in [0.05, 0.1) is 45.9 Å². The summed E-state index contributed by atoms with van der Waals surface area (Å²) in [5.74, 6) is 0. The van der Waals surface area contributed by atoms with E-state index in [1.165, 1.54) is 42.7 Å². The van der Waals surface area contributed by atoms with Gasteiger partial charge in [0, 0.05) is 26.6 Å². The van der Waals surface area contributed by atoms with Gasteiger partial charge < -0.3 is 9.47 Å². The number of benzene rings is 6. The van der Waals surface area contributed by atoms with Crippen LogP contribution in [0.15, 0.2) is 121 Å². The molecule has 0 saturated carbocycles. The summed E-state index contributed by atoms with van der Waals surface area (Å²) in [6.45, 7) is 19.8. The highest BCUT2D eigenvalue weighted by atomic mass is 32.1. The summed E-state index contributed by atoms with van der Waals surface area (Å²) in [5, 5.41) is 4.41. The molecule has 0 N–H and O–H groups in total. The lowest BCUT2D eigenvalue weighted by Gasteiger charge is -2.42. The molecule has 1 aliphatic heterocycles. The van der Waals surface area contributed by atoms with Crippen molar-refractivity contribution in [1.82, 2.24) is 4.57 Å². The molecular weight excluding hydrogens is 581 g/mol. The van der Waals surface area contributed by atoms with E-state index in [9.17, 15) is 0 Å². The molecule has 5 heteroatoms. The number of anilines is 3. The molecule has 0 fully saturated rings. The Kier molecular flexibility index (Phi) is 5.51. The number of rotatable bonds is 2. The maximum Gasteiger partial charge on any atom is 0.188 e. The molecule has 1 aliphatic rings. The highest BCUT2D eigenvalue weighted by Gasteiger charge is 2.36. The van der Waals surface area contributed by atoms with Crippen LogP contribution >= 0.6 is 11.3 Å². The molecule has 6 aromatic carbocycles. The van der Waals surface area contributed by atoms with Gasteiger partial charge in [-0.05, 0) is 82.6 Å². The highest BCUT2D eigenvalue weighted by molar-refractivity contribution is 7.26. The number of nitrogens with zero attached hydrogens (tertiary/aromatic N) is 4. The number of thiophene rings is 1. The minimum atomic E-state index is -0.106. The molecular formula is C41H26N4S. The first-order valence-corrected chi connectivity index (χ1v) is 16.1. The molecule has 0 radical (unpaired) electrons. The Balaban J connectivity index is 1.29. The van der Waals surface area contributed by atoms with E-state index in [0.717, 1.165) is 33.2 Å². The Labute approximate surface area is 270 Å². The van der Waals surface area contributed by atoms with Gasteiger partial charge in [0.25, 0.3) is 0 Å². The van der Waals surface area contributed by atoms with Gasteiger partial charge in [0.1, 0.15) is 0 Å². The third-order valence-corrected chi connectivity index (χ3v) is 10.8. The summed E-state index contributed by atoms with van der Waals surface area (Å²) >= 11 is 1.81. The van der Waals surface area contributed by atoms with Crippen molar-refractivity contribution < 1.29 is 0 Å². The molecule has 8 aromatic rings. The maximum absolute atomic E-state index is 7.61. The SMILES string of the molecule is [C-]#[N+]c1ccc2c(c1)c1cc([N+]#[C-])ccc1n2-c1cccc2c1sc1ccc(N3c4ccccc4C(C)(C)c4ccccc43)cc12. The lowest BCUT2D eigenvalue weighted by molar-refractivity contribution is 0.632. The first-order chi connectivity index (χ1) is 22.5. The number of hydrogen-bond acceptors (Lipinski definition) is 2. The summed E-state index contributed by atoms with van der Waals surface area (Å²) < 4.78 is 4.73. The topological polar surface area (TPSA) is 16.9 Å². The smallest absolute Gasteiger partial charge is 0.188 e. The third-order valence-electron chi connectivity index (χ3n) is 9.59. The predicted octanol–water partition coefficient (Wildman–Crippen LogP) is 12.4. The van der Waals surface area contributed by atoms with Crippen molar-refractivity contribution in [2.45, 2.75) is 19.3 Å². The van der Waals surface area contributed by atoms with E-state index >= 15 is 0 Å². The molecule has 0 saturated heterocycles. The van der Waals surface area contributed by atoms with Gasteiger partial charge in [-0.15, -0.1) is 11.3 Å². The van der Waals surface area contributed by atoms with Crippen LogP contribution in [0.5, 0.6) is 0 Å². The second kappa shape index (κ2) is 9.56. The van der Waals surface area contributed by atoms with E-state index < -0.39 is 0 Å². The summed E-state index contributed by atoms with van der Waals surface area (Å²) in [6, 6.07) is 42.7. The zero-order valence-electron chi connectivity index (χ0n) is 25.2. The average molecular weight is 607 g/mol. The normalized spacial score (nSPS) is 13.5. The van der Waals surface area contributed by atoms with Gasteiger partial charge in [-0.3, -0.25) is 0 Å². The molecule has 4 nitrogen and oxygen atoms in total. The van der Waals surface area contributed by atoms with Crippen LogP contribution in [0, 0.1) is 13.1 Å². The molecule has 0 bridgehead atoms. The first-order valence-electron chi connectivity index (χ1n) is 15.3. The van der Waals surface area contributed by atoms with Crippen LogP contribution in [0.3, 0.4) is 0 Å². The van der Waals surface area contributed by atoms with Crippen molar-refractivity contribution >= 4 is 81.8 Å². The minimum absolute atomic E-state index is 0.106. The molecule has 0 spiro atoms. The minimum Gasteiger partial charge on any atom is -0.310 e. The second-order valence-electron chi connectivity index (χ2n) is 12.4. The maximum atomic E-state index is 7.61. The summed E-state index contributed by atoms with van der Waals surface area (Å²) in [7, 11) is 0. The monoisotopic (exact) mass is 606 g/mol. The van der Waals surface area contributed by atoms with Gasteiger partial charge in [-0.25, -0.2) is 9.69 Å². The Hall–Kier alpha value is -5.88. The molecule has 46 heavy (non-hydrogen) atoms. The molecule has 0 aliphatic carbocycles. The van der Waals surface area contributed by atoms with Gasteiger partial charge in [0.2, 0.25) is 0 Å². The predicted molar refractivity (Wildman–Crippen MR) is 193 cm³/mol. The van der Waals surface area contributed by atoms with Crippen molar-refractivity contribution in [3.05, 3.63) is 155 Å². The van der Waals surface area contributed by atoms with Crippen molar-refractivity contribution in [1.29, 1.82) is 0 Å². The van der Waals surface area contributed by atoms with Crippen molar-refractivity contribution in [2.24, 2.45) is 0 Å². The zero-order chi connectivity index (χ0) is 31.2. The number of hydrogen-bond donors (Lipinski definition) is 0. The van der Waals surface area contributed by atoms with Crippen LogP contribution in [0.4, 0.5) is 28.4 Å². The standard InChI is InChI=1S/C41H26N4S/c1-41(2)32-11-5-7-13-36(32)44(37-14-8-6-12-33(37)41)27-18-21-39-31(24-27)28-10-9-15-38(40(28)46-39)45-34-19-16-25(42-3)22-29(34)30-23-26(43-4)17-20-35(30)45/h5-24H,1-2H3. The quantitative estimate of drug-likeness (QED) is 0.179. The molecule has 0 atom stereocenters. The lowest BCUT2D eigenvalue weighted by atomic mass is 9.73. The Morgan fingerprint density at radius 3 is 1.76 bits per heavy atom. The molecule has 2 aromatic heterocycles. The highest BCUT2D eigenvalue weighted by Crippen LogP contribution is 2.52. The van der Waals surface area contributed by atoms with Crippen LogP contribution in [-0.2, 0) is 5.41 Å². The van der Waals surface area contributed by atoms with E-state index in [0.29, 0.717) is 11.4 Å². The largest absolute Gasteiger partial charge is 0.310 e. The number of fused-ring (bicyclic) bond motifs is 8. The lowest BCUT2D eigenvalue weighted by Crippen LogP contribution is -2.30. The average Bonchev–Trinajstić information content (AvgIpc) is 3.63. The molecule has 0 unspecified atom stereocenters. The summed E-state index contributed by atoms with van der Waals surface area (Å²) in [5.41, 5.74) is 10.4. The van der Waals surface area contributed by atoms with Crippen molar-refractivity contribution in [3.8, 4) is 5.69 Å². The fourth-order valence-corrected chi connectivity index (χ4v) is 8.62. The molecule has 0 amide bonds. The third kappa shape index (κ3) is 3.58. The van der Waals surface area contributed by atoms with Crippen LogP contribution in [0.1, 0.15) is 25.0 Å². The summed E-state index contributed by atoms with van der Waals surface area (Å²) in [4.78, 5) is 9.80. The van der Waals surface area contributed by atoms with Gasteiger partial charge in [-0.2, -0.15) is 0 Å². The molecule has 216 valence electrons. The van der Waals surface area contributed by atoms with Crippen LogP contribution in [0.25, 0.3) is 57.4 Å². The zero-order valence-corrected chi connectivity index (χ0v) is 26.1. The van der Waals surface area contributed by atoms with Crippen molar-refractivity contribution in [2.75, 3.05) is 4.90 Å². The van der Waals surface area contributed by atoms with Crippen LogP contribution in [0.2, 0.25) is 0 Å². The Morgan fingerprint density at radius 1 is 0.565 bits per heavy atom. The van der Waals surface area contributed by atoms with Gasteiger partial charge in [0.15, 0.2) is 11.4 Å². The van der Waals surface area contributed by atoms with Crippen molar-refractivity contribution in [3.63, 3.8) is 0 Å². The van der Waals surface area contributed by atoms with Crippen LogP contribution in [-0.4, -0.2) is 4.57 Å². The first kappa shape index (κ1) is 26.5. The van der Waals surface area contributed by atoms with Crippen LogP contribution < -0.4 is 4.90 Å². The number of para-hydroxylation sites is 2. The summed E-state index contributed by atoms with van der Waals surface area (Å²) in [6.07, 6.45) is 0. The number of aromatic nitrogens is 1. The Morgan fingerprint density at radius 2 is 1.15 bits per heavy atom. The van der Waals surface area contributed by atoms with Gasteiger partial charge >= 0.3 is 0 Å². The fourth-order valence-electron chi connectivity index (χ4n) is 7.43. The second-order valence-corrected chi connectivity index (χ2v) is 13.4. The molecule has 3 heterocycles. The molecule has 9 rings (SSSR count). The van der Waals surface area contributed by atoms with E-state index in [4.69, 9.17) is 13.1 Å². The van der Waals surface area contributed by atoms with E-state index in [-0.39, 0.29) is 5.41 Å². The van der Waals surface area contributed by atoms with Gasteiger partial charge in [-0.1, -0.05) is 74.5 Å². The fraction of sp³-hybridized carbons (Fsp3) is 0.0732. The Bertz CT molecular complexity index is 2540. The van der Waals surface area contributed by atoms with E-state index in [1.54, 1.807) is 0 Å². The van der Waals surface area contributed by atoms with E-state index in [1.807, 2.05) is 47.7 Å². The van der Waals surface area contributed by atoms with E-state index in [2.05, 4.69) is 118 Å².